The average molecular weight is 485 g/mol. The molecule has 0 amide bonds. The van der Waals surface area contributed by atoms with Crippen LogP contribution in [0.3, 0.4) is 0 Å². The van der Waals surface area contributed by atoms with Gasteiger partial charge in [-0.05, 0) is 54.0 Å². The predicted octanol–water partition coefficient (Wildman–Crippen LogP) is 6.76. The van der Waals surface area contributed by atoms with Crippen molar-refractivity contribution in [1.29, 1.82) is 0 Å². The lowest BCUT2D eigenvalue weighted by molar-refractivity contribution is 0.226. The van der Waals surface area contributed by atoms with Crippen molar-refractivity contribution in [3.8, 4) is 11.5 Å². The molecule has 0 bridgehead atoms. The van der Waals surface area contributed by atoms with Crippen LogP contribution >= 0.6 is 0 Å². The molecule has 0 radical (unpaired) electrons. The molecule has 7 heteroatoms. The summed E-state index contributed by atoms with van der Waals surface area (Å²) in [7, 11) is -3.44. The lowest BCUT2D eigenvalue weighted by Crippen LogP contribution is -2.41. The standard InChI is InChI=1S/C25H48O5Si2/c1-24(2,3)31(7,8)29-15-11-13-27-22-17-21(20-26)18-23(19-22)28-14-12-16-30-32(9,10)25(4,5)6/h17-19,26H,11-16,20H2,1-10H3. The van der Waals surface area contributed by atoms with E-state index in [1.807, 2.05) is 18.2 Å². The SMILES string of the molecule is CC(C)(C)[Si](C)(C)OCCCOc1cc(CO)cc(OCCCO[Si](C)(C)C(C)(C)C)c1. The van der Waals surface area contributed by atoms with Gasteiger partial charge in [0.15, 0.2) is 16.6 Å². The quantitative estimate of drug-likeness (QED) is 0.247. The third-order valence-corrected chi connectivity index (χ3v) is 15.9. The summed E-state index contributed by atoms with van der Waals surface area (Å²) in [6, 6.07) is 5.62. The molecule has 0 atom stereocenters. The molecule has 0 fully saturated rings. The molecule has 1 rings (SSSR count). The van der Waals surface area contributed by atoms with E-state index in [0.29, 0.717) is 26.4 Å². The van der Waals surface area contributed by atoms with Crippen LogP contribution in [0.15, 0.2) is 18.2 Å². The minimum atomic E-state index is -1.72. The van der Waals surface area contributed by atoms with E-state index in [4.69, 9.17) is 18.3 Å². The molecular formula is C25H48O5Si2. The maximum Gasteiger partial charge on any atom is 0.191 e. The number of aliphatic hydroxyl groups is 1. The number of aliphatic hydroxyl groups excluding tert-OH is 1. The van der Waals surface area contributed by atoms with Gasteiger partial charge in [0.25, 0.3) is 0 Å². The lowest BCUT2D eigenvalue weighted by atomic mass is 10.2. The van der Waals surface area contributed by atoms with Crippen LogP contribution in [-0.4, -0.2) is 48.2 Å². The lowest BCUT2D eigenvalue weighted by Gasteiger charge is -2.36. The summed E-state index contributed by atoms with van der Waals surface area (Å²) in [5.74, 6) is 1.44. The number of hydrogen-bond donors (Lipinski definition) is 1. The average Bonchev–Trinajstić information content (AvgIpc) is 2.65. The van der Waals surface area contributed by atoms with E-state index in [2.05, 4.69) is 67.7 Å². The van der Waals surface area contributed by atoms with Crippen molar-refractivity contribution in [3.05, 3.63) is 23.8 Å². The second-order valence-corrected chi connectivity index (χ2v) is 21.2. The van der Waals surface area contributed by atoms with Crippen LogP contribution in [0, 0.1) is 0 Å². The zero-order valence-corrected chi connectivity index (χ0v) is 24.3. The summed E-state index contributed by atoms with van der Waals surface area (Å²) in [6.45, 7) is 25.0. The highest BCUT2D eigenvalue weighted by molar-refractivity contribution is 6.74. The molecule has 1 aromatic carbocycles. The zero-order chi connectivity index (χ0) is 24.6. The van der Waals surface area contributed by atoms with Gasteiger partial charge < -0.3 is 23.4 Å². The highest BCUT2D eigenvalue weighted by Crippen LogP contribution is 2.37. The van der Waals surface area contributed by atoms with Crippen LogP contribution in [0.1, 0.15) is 59.9 Å². The third kappa shape index (κ3) is 9.55. The molecule has 5 nitrogen and oxygen atoms in total. The Balaban J connectivity index is 2.47. The van der Waals surface area contributed by atoms with Crippen molar-refractivity contribution >= 4 is 16.6 Å². The van der Waals surface area contributed by atoms with Gasteiger partial charge in [0.1, 0.15) is 11.5 Å². The minimum absolute atomic E-state index is 0.0451. The molecular weight excluding hydrogens is 436 g/mol. The Morgan fingerprint density at radius 3 is 1.34 bits per heavy atom. The van der Waals surface area contributed by atoms with Crippen molar-refractivity contribution in [2.24, 2.45) is 0 Å². The fraction of sp³-hybridized carbons (Fsp3) is 0.760. The topological polar surface area (TPSA) is 57.2 Å². The van der Waals surface area contributed by atoms with Gasteiger partial charge in [-0.1, -0.05) is 41.5 Å². The first-order valence-corrected chi connectivity index (χ1v) is 17.7. The summed E-state index contributed by atoms with van der Waals surface area (Å²) in [5, 5.41) is 10.0. The number of ether oxygens (including phenoxy) is 2. The van der Waals surface area contributed by atoms with Gasteiger partial charge in [0.05, 0.1) is 19.8 Å². The fourth-order valence-electron chi connectivity index (χ4n) is 2.47. The molecule has 0 spiro atoms. The number of hydrogen-bond acceptors (Lipinski definition) is 5. The largest absolute Gasteiger partial charge is 0.493 e. The number of rotatable bonds is 13. The Morgan fingerprint density at radius 2 is 1.03 bits per heavy atom. The zero-order valence-electron chi connectivity index (χ0n) is 22.3. The van der Waals surface area contributed by atoms with E-state index >= 15 is 0 Å². The fourth-order valence-corrected chi connectivity index (χ4v) is 4.65. The first-order valence-electron chi connectivity index (χ1n) is 11.9. The van der Waals surface area contributed by atoms with Crippen molar-refractivity contribution in [2.45, 2.75) is 97.3 Å². The minimum Gasteiger partial charge on any atom is -0.493 e. The maximum absolute atomic E-state index is 9.60. The van der Waals surface area contributed by atoms with E-state index < -0.39 is 16.6 Å². The van der Waals surface area contributed by atoms with Crippen molar-refractivity contribution in [2.75, 3.05) is 26.4 Å². The van der Waals surface area contributed by atoms with E-state index in [1.54, 1.807) is 0 Å². The molecule has 0 unspecified atom stereocenters. The summed E-state index contributed by atoms with van der Waals surface area (Å²) in [5.41, 5.74) is 0.785. The van der Waals surface area contributed by atoms with E-state index in [-0.39, 0.29) is 16.7 Å². The van der Waals surface area contributed by atoms with Crippen molar-refractivity contribution < 1.29 is 23.4 Å². The molecule has 0 aliphatic heterocycles. The first kappa shape index (κ1) is 29.2. The van der Waals surface area contributed by atoms with Gasteiger partial charge in [-0.25, -0.2) is 0 Å². The van der Waals surface area contributed by atoms with Crippen LogP contribution < -0.4 is 9.47 Å². The van der Waals surface area contributed by atoms with Crippen LogP contribution in [0.25, 0.3) is 0 Å². The molecule has 32 heavy (non-hydrogen) atoms. The monoisotopic (exact) mass is 484 g/mol. The molecule has 0 saturated carbocycles. The third-order valence-electron chi connectivity index (χ3n) is 6.78. The molecule has 0 heterocycles. The molecule has 0 saturated heterocycles. The maximum atomic E-state index is 9.60. The van der Waals surface area contributed by atoms with E-state index in [9.17, 15) is 5.11 Å². The van der Waals surface area contributed by atoms with E-state index in [1.165, 1.54) is 0 Å². The molecule has 1 N–H and O–H groups in total. The molecule has 0 aliphatic rings. The Kier molecular flexibility index (Phi) is 11.0. The Hall–Kier alpha value is -0.866. The van der Waals surface area contributed by atoms with Crippen LogP contribution in [0.4, 0.5) is 0 Å². The second-order valence-electron chi connectivity index (χ2n) is 11.6. The predicted molar refractivity (Wildman–Crippen MR) is 139 cm³/mol. The van der Waals surface area contributed by atoms with Gasteiger partial charge in [-0.2, -0.15) is 0 Å². The molecule has 0 aromatic heterocycles. The van der Waals surface area contributed by atoms with Gasteiger partial charge >= 0.3 is 0 Å². The summed E-state index contributed by atoms with van der Waals surface area (Å²) >= 11 is 0. The van der Waals surface area contributed by atoms with Gasteiger partial charge in [-0.3, -0.25) is 0 Å². The Labute approximate surface area is 199 Å². The first-order chi connectivity index (χ1) is 14.6. The van der Waals surface area contributed by atoms with Gasteiger partial charge in [0, 0.05) is 32.1 Å². The van der Waals surface area contributed by atoms with Crippen molar-refractivity contribution in [1.82, 2.24) is 0 Å². The summed E-state index contributed by atoms with van der Waals surface area (Å²) < 4.78 is 24.3. The van der Waals surface area contributed by atoms with Crippen LogP contribution in [0.5, 0.6) is 11.5 Å². The van der Waals surface area contributed by atoms with E-state index in [0.717, 1.165) is 29.9 Å². The Bertz CT molecular complexity index is 636. The highest BCUT2D eigenvalue weighted by atomic mass is 28.4. The van der Waals surface area contributed by atoms with Gasteiger partial charge in [-0.15, -0.1) is 0 Å². The highest BCUT2D eigenvalue weighted by Gasteiger charge is 2.37. The molecule has 0 aliphatic carbocycles. The Morgan fingerprint density at radius 1 is 0.656 bits per heavy atom. The summed E-state index contributed by atoms with van der Waals surface area (Å²) in [4.78, 5) is 0. The van der Waals surface area contributed by atoms with Gasteiger partial charge in [0.2, 0.25) is 0 Å². The van der Waals surface area contributed by atoms with Crippen molar-refractivity contribution in [3.63, 3.8) is 0 Å². The molecule has 186 valence electrons. The van der Waals surface area contributed by atoms with Crippen LogP contribution in [-0.2, 0) is 15.5 Å². The summed E-state index contributed by atoms with van der Waals surface area (Å²) in [6.07, 6.45) is 1.66. The molecule has 1 aromatic rings. The second kappa shape index (κ2) is 12.0. The smallest absolute Gasteiger partial charge is 0.191 e. The normalized spacial score (nSPS) is 13.3. The number of benzene rings is 1. The van der Waals surface area contributed by atoms with Crippen LogP contribution in [0.2, 0.25) is 36.3 Å².